The van der Waals surface area contributed by atoms with Crippen LogP contribution in [0.5, 0.6) is 0 Å². The van der Waals surface area contributed by atoms with Crippen molar-refractivity contribution in [3.63, 3.8) is 0 Å². The summed E-state index contributed by atoms with van der Waals surface area (Å²) >= 11 is 0. The Hall–Kier alpha value is -4.18. The number of carbonyl (C=O) groups is 3. The molecule has 248 valence electrons. The molecule has 0 heterocycles. The molecule has 2 aromatic rings. The molecule has 45 heavy (non-hydrogen) atoms. The fourth-order valence-electron chi connectivity index (χ4n) is 4.13. The molecule has 1 unspecified atom stereocenters. The topological polar surface area (TPSA) is 184 Å². The lowest BCUT2D eigenvalue weighted by molar-refractivity contribution is -0.173. The molecule has 16 heteroatoms. The van der Waals surface area contributed by atoms with Crippen LogP contribution in [0.25, 0.3) is 0 Å². The second-order valence-corrected chi connectivity index (χ2v) is 12.0. The van der Waals surface area contributed by atoms with E-state index in [0.717, 1.165) is 4.31 Å². The first-order valence-corrected chi connectivity index (χ1v) is 15.7. The number of halogens is 3. The maximum atomic E-state index is 13.1. The molecule has 0 aliphatic rings. The van der Waals surface area contributed by atoms with Gasteiger partial charge in [0, 0.05) is 19.6 Å². The van der Waals surface area contributed by atoms with Crippen molar-refractivity contribution in [2.24, 2.45) is 5.73 Å². The van der Waals surface area contributed by atoms with Crippen LogP contribution in [-0.2, 0) is 35.7 Å². The third-order valence-electron chi connectivity index (χ3n) is 6.47. The molecular weight excluding hydrogens is 617 g/mol. The molecular formula is C29H39F3N6O6S. The Balaban J connectivity index is 1.93. The molecule has 0 radical (unpaired) electrons. The van der Waals surface area contributed by atoms with E-state index >= 15 is 0 Å². The highest BCUT2D eigenvalue weighted by atomic mass is 32.2. The zero-order valence-electron chi connectivity index (χ0n) is 24.9. The summed E-state index contributed by atoms with van der Waals surface area (Å²) in [6.07, 6.45) is -3.00. The molecule has 1 atom stereocenters. The lowest BCUT2D eigenvalue weighted by Crippen LogP contribution is -2.46. The van der Waals surface area contributed by atoms with Gasteiger partial charge in [0.15, 0.2) is 0 Å². The minimum atomic E-state index is -4.93. The highest BCUT2D eigenvalue weighted by Crippen LogP contribution is 2.18. The smallest absolute Gasteiger partial charge is 0.370 e. The van der Waals surface area contributed by atoms with Crippen molar-refractivity contribution in [2.75, 3.05) is 19.6 Å². The molecule has 0 saturated heterocycles. The van der Waals surface area contributed by atoms with E-state index in [1.165, 1.54) is 12.1 Å². The maximum absolute atomic E-state index is 13.1. The van der Waals surface area contributed by atoms with Gasteiger partial charge in [0.05, 0.1) is 11.3 Å². The molecule has 6 N–H and O–H groups in total. The predicted molar refractivity (Wildman–Crippen MR) is 160 cm³/mol. The lowest BCUT2D eigenvalue weighted by Gasteiger charge is -2.24. The number of carbonyl (C=O) groups excluding carboxylic acids is 3. The lowest BCUT2D eigenvalue weighted by atomic mass is 10.1. The first kappa shape index (κ1) is 37.0. The van der Waals surface area contributed by atoms with Crippen molar-refractivity contribution in [1.82, 2.24) is 20.4 Å². The molecule has 0 aromatic heterocycles. The summed E-state index contributed by atoms with van der Waals surface area (Å²) in [6.45, 7) is 1.59. The summed E-state index contributed by atoms with van der Waals surface area (Å²) in [6, 6.07) is 13.9. The number of hydrogen-bond acceptors (Lipinski definition) is 8. The van der Waals surface area contributed by atoms with Gasteiger partial charge in [-0.2, -0.15) is 13.2 Å². The van der Waals surface area contributed by atoms with Gasteiger partial charge in [-0.25, -0.2) is 12.7 Å². The molecule has 0 saturated carbocycles. The van der Waals surface area contributed by atoms with Crippen molar-refractivity contribution in [3.8, 4) is 0 Å². The minimum absolute atomic E-state index is 0.0104. The molecule has 12 nitrogen and oxygen atoms in total. The fourth-order valence-corrected chi connectivity index (χ4v) is 5.60. The molecule has 0 spiro atoms. The van der Waals surface area contributed by atoms with E-state index in [1.54, 1.807) is 54.7 Å². The molecule has 0 aliphatic heterocycles. The van der Waals surface area contributed by atoms with Crippen LogP contribution < -0.4 is 21.8 Å². The zero-order chi connectivity index (χ0) is 33.5. The number of sulfonamides is 1. The third kappa shape index (κ3) is 13.1. The van der Waals surface area contributed by atoms with E-state index in [0.29, 0.717) is 36.8 Å². The number of benzene rings is 2. The second-order valence-electron chi connectivity index (χ2n) is 10.2. The van der Waals surface area contributed by atoms with Gasteiger partial charge in [0.1, 0.15) is 6.04 Å². The van der Waals surface area contributed by atoms with E-state index in [9.17, 15) is 36.0 Å². The van der Waals surface area contributed by atoms with Crippen LogP contribution in [0.4, 0.5) is 13.2 Å². The number of nitrogens with zero attached hydrogens (tertiary/aromatic N) is 1. The predicted octanol–water partition coefficient (Wildman–Crippen LogP) is 2.67. The van der Waals surface area contributed by atoms with E-state index in [4.69, 9.17) is 16.0 Å². The quantitative estimate of drug-likeness (QED) is 0.0702. The van der Waals surface area contributed by atoms with Crippen LogP contribution in [0.1, 0.15) is 49.7 Å². The molecule has 2 aromatic carbocycles. The number of hydroxylamine groups is 1. The summed E-state index contributed by atoms with van der Waals surface area (Å²) in [5, 5.41) is 12.3. The summed E-state index contributed by atoms with van der Waals surface area (Å²) < 4.78 is 63.7. The number of rotatable bonds is 18. The van der Waals surface area contributed by atoms with Gasteiger partial charge in [-0.15, -0.1) is 5.48 Å². The van der Waals surface area contributed by atoms with Gasteiger partial charge >= 0.3 is 18.1 Å². The van der Waals surface area contributed by atoms with Crippen LogP contribution in [-0.4, -0.2) is 68.3 Å². The number of nitrogens with one attached hydrogen (secondary N) is 4. The number of unbranched alkanes of at least 4 members (excludes halogenated alkanes) is 3. The SMILES string of the molecule is Cc1cccc(S(=O)(=O)N(CCCC(NOC(=O)Cc2ccccc2)C(=O)NCCCCCCNC(=O)C(F)(F)F)C(=N)N)c1. The Morgan fingerprint density at radius 2 is 1.60 bits per heavy atom. The standard InChI is InChI=1S/C29H39F3N6O6S/c1-21-11-9-14-23(19-21)45(42,43)38(28(33)34)18-10-15-24(37-44-25(39)20-22-12-5-4-6-13-22)26(40)35-16-7-2-3-8-17-36-27(41)29(30,31)32/h4-6,9,11-14,19,24,37H,2-3,7-8,10,15-18,20H2,1H3,(H3,33,34)(H,35,40)(H,36,41). The Morgan fingerprint density at radius 3 is 2.20 bits per heavy atom. The van der Waals surface area contributed by atoms with Crippen molar-refractivity contribution in [2.45, 2.75) is 69.0 Å². The normalized spacial score (nSPS) is 12.2. The van der Waals surface area contributed by atoms with Crippen LogP contribution in [0.15, 0.2) is 59.5 Å². The Kier molecular flexibility index (Phi) is 14.8. The Labute approximate surface area is 260 Å². The Bertz CT molecular complexity index is 1390. The Morgan fingerprint density at radius 1 is 0.956 bits per heavy atom. The summed E-state index contributed by atoms with van der Waals surface area (Å²) in [4.78, 5) is 41.3. The molecule has 2 amide bonds. The van der Waals surface area contributed by atoms with E-state index in [1.807, 2.05) is 0 Å². The van der Waals surface area contributed by atoms with Gasteiger partial charge in [-0.05, 0) is 55.9 Å². The number of alkyl halides is 3. The van der Waals surface area contributed by atoms with Gasteiger partial charge in [0.25, 0.3) is 10.0 Å². The molecule has 0 fully saturated rings. The number of aryl methyl sites for hydroxylation is 1. The van der Waals surface area contributed by atoms with Crippen molar-refractivity contribution < 1.29 is 40.8 Å². The van der Waals surface area contributed by atoms with Crippen LogP contribution in [0.2, 0.25) is 0 Å². The third-order valence-corrected chi connectivity index (χ3v) is 8.28. The summed E-state index contributed by atoms with van der Waals surface area (Å²) in [5.74, 6) is -3.87. The molecule has 0 bridgehead atoms. The van der Waals surface area contributed by atoms with E-state index < -0.39 is 46.0 Å². The monoisotopic (exact) mass is 656 g/mol. The van der Waals surface area contributed by atoms with Crippen molar-refractivity contribution >= 4 is 33.8 Å². The summed E-state index contributed by atoms with van der Waals surface area (Å²) in [7, 11) is -4.14. The van der Waals surface area contributed by atoms with Gasteiger partial charge < -0.3 is 21.2 Å². The van der Waals surface area contributed by atoms with Gasteiger partial charge in [-0.3, -0.25) is 19.8 Å². The number of nitrogens with two attached hydrogens (primary N) is 1. The van der Waals surface area contributed by atoms with Crippen molar-refractivity contribution in [1.29, 1.82) is 5.41 Å². The van der Waals surface area contributed by atoms with Crippen molar-refractivity contribution in [3.05, 3.63) is 65.7 Å². The van der Waals surface area contributed by atoms with Gasteiger partial charge in [-0.1, -0.05) is 55.3 Å². The maximum Gasteiger partial charge on any atom is 0.471 e. The average Bonchev–Trinajstić information content (AvgIpc) is 2.97. The number of hydrogen-bond donors (Lipinski definition) is 5. The first-order chi connectivity index (χ1) is 21.2. The van der Waals surface area contributed by atoms with Crippen LogP contribution in [0, 0.1) is 12.3 Å². The highest BCUT2D eigenvalue weighted by molar-refractivity contribution is 7.89. The minimum Gasteiger partial charge on any atom is -0.370 e. The fraction of sp³-hybridized carbons (Fsp3) is 0.448. The highest BCUT2D eigenvalue weighted by Gasteiger charge is 2.38. The van der Waals surface area contributed by atoms with Crippen LogP contribution in [0.3, 0.4) is 0 Å². The molecule has 2 rings (SSSR count). The first-order valence-electron chi connectivity index (χ1n) is 14.3. The second kappa shape index (κ2) is 17.9. The average molecular weight is 657 g/mol. The van der Waals surface area contributed by atoms with E-state index in [-0.39, 0.29) is 43.8 Å². The van der Waals surface area contributed by atoms with E-state index in [2.05, 4.69) is 10.8 Å². The van der Waals surface area contributed by atoms with Gasteiger partial charge in [0.2, 0.25) is 11.9 Å². The summed E-state index contributed by atoms with van der Waals surface area (Å²) in [5.41, 5.74) is 9.46. The number of amides is 2. The zero-order valence-corrected chi connectivity index (χ0v) is 25.7. The van der Waals surface area contributed by atoms with Crippen LogP contribution >= 0.6 is 0 Å². The number of guanidine groups is 1. The molecule has 0 aliphatic carbocycles. The largest absolute Gasteiger partial charge is 0.471 e.